The third-order valence-corrected chi connectivity index (χ3v) is 4.60. The molecule has 0 bridgehead atoms. The van der Waals surface area contributed by atoms with Crippen molar-refractivity contribution >= 4 is 5.97 Å². The normalized spacial score (nSPS) is 27.1. The van der Waals surface area contributed by atoms with Crippen molar-refractivity contribution in [3.05, 3.63) is 0 Å². The largest absolute Gasteiger partial charge is 0.462 e. The molecule has 5 unspecified atom stereocenters. The van der Waals surface area contributed by atoms with Gasteiger partial charge < -0.3 is 20.1 Å². The molecule has 5 nitrogen and oxygen atoms in total. The molecule has 3 N–H and O–H groups in total. The molecule has 0 saturated carbocycles. The first-order valence-corrected chi connectivity index (χ1v) is 8.96. The van der Waals surface area contributed by atoms with Gasteiger partial charge in [0.25, 0.3) is 0 Å². The summed E-state index contributed by atoms with van der Waals surface area (Å²) < 4.78 is 5.24. The molecule has 136 valence electrons. The maximum atomic E-state index is 11.3. The van der Waals surface area contributed by atoms with Gasteiger partial charge >= 0.3 is 5.97 Å². The third kappa shape index (κ3) is 9.28. The molecule has 0 radical (unpaired) electrons. The van der Waals surface area contributed by atoms with Gasteiger partial charge in [0.15, 0.2) is 0 Å². The minimum atomic E-state index is -0.723. The van der Waals surface area contributed by atoms with Crippen LogP contribution in [-0.4, -0.2) is 45.2 Å². The van der Waals surface area contributed by atoms with Crippen LogP contribution in [0.4, 0.5) is 0 Å². The van der Waals surface area contributed by atoms with E-state index >= 15 is 0 Å². The average molecular weight is 330 g/mol. The molecule has 1 aliphatic rings. The lowest BCUT2D eigenvalue weighted by Gasteiger charge is -2.28. The second-order valence-corrected chi connectivity index (χ2v) is 7.68. The van der Waals surface area contributed by atoms with Crippen molar-refractivity contribution in [2.45, 2.75) is 102 Å². The number of esters is 1. The van der Waals surface area contributed by atoms with Gasteiger partial charge in [0.1, 0.15) is 6.10 Å². The van der Waals surface area contributed by atoms with Crippen LogP contribution in [0.5, 0.6) is 0 Å². The second kappa shape index (κ2) is 9.60. The summed E-state index contributed by atoms with van der Waals surface area (Å²) >= 11 is 0. The number of ether oxygens (including phenoxy) is 1. The Balaban J connectivity index is 2.16. The topological polar surface area (TPSA) is 87.0 Å². The highest BCUT2D eigenvalue weighted by atomic mass is 16.5. The highest BCUT2D eigenvalue weighted by Gasteiger charge is 2.27. The third-order valence-electron chi connectivity index (χ3n) is 4.60. The van der Waals surface area contributed by atoms with Crippen molar-refractivity contribution < 1.29 is 24.9 Å². The maximum absolute atomic E-state index is 11.3. The first-order valence-electron chi connectivity index (χ1n) is 8.96. The van der Waals surface area contributed by atoms with E-state index in [0.717, 1.165) is 32.1 Å². The highest BCUT2D eigenvalue weighted by Crippen LogP contribution is 2.26. The van der Waals surface area contributed by atoms with E-state index in [1.54, 1.807) is 6.92 Å². The number of aliphatic hydroxyl groups is 3. The molecule has 1 heterocycles. The molecule has 5 atom stereocenters. The van der Waals surface area contributed by atoms with E-state index in [-0.39, 0.29) is 24.6 Å². The Hall–Kier alpha value is -0.650. The molecule has 0 spiro atoms. The van der Waals surface area contributed by atoms with Crippen LogP contribution in [-0.2, 0) is 9.53 Å². The predicted octanol–water partition coefficient (Wildman–Crippen LogP) is 2.55. The van der Waals surface area contributed by atoms with E-state index < -0.39 is 11.7 Å². The summed E-state index contributed by atoms with van der Waals surface area (Å²) in [5, 5.41) is 29.2. The van der Waals surface area contributed by atoms with Gasteiger partial charge in [-0.05, 0) is 51.9 Å². The van der Waals surface area contributed by atoms with Gasteiger partial charge in [0.2, 0.25) is 0 Å². The van der Waals surface area contributed by atoms with Crippen molar-refractivity contribution in [3.63, 3.8) is 0 Å². The molecule has 5 heteroatoms. The van der Waals surface area contributed by atoms with E-state index in [0.29, 0.717) is 25.2 Å². The summed E-state index contributed by atoms with van der Waals surface area (Å²) in [4.78, 5) is 11.3. The monoisotopic (exact) mass is 330 g/mol. The van der Waals surface area contributed by atoms with Crippen LogP contribution in [0.25, 0.3) is 0 Å². The second-order valence-electron chi connectivity index (χ2n) is 7.68. The zero-order valence-corrected chi connectivity index (χ0v) is 14.8. The molecule has 23 heavy (non-hydrogen) atoms. The highest BCUT2D eigenvalue weighted by molar-refractivity contribution is 5.70. The number of cyclic esters (lactones) is 1. The first kappa shape index (κ1) is 20.4. The molecular weight excluding hydrogens is 296 g/mol. The van der Waals surface area contributed by atoms with E-state index in [1.165, 1.54) is 0 Å². The Morgan fingerprint density at radius 3 is 2.61 bits per heavy atom. The van der Waals surface area contributed by atoms with Crippen molar-refractivity contribution in [3.8, 4) is 0 Å². The Kier molecular flexibility index (Phi) is 8.51. The number of carbonyl (C=O) groups excluding carboxylic acids is 1. The fourth-order valence-electron chi connectivity index (χ4n) is 3.38. The van der Waals surface area contributed by atoms with Crippen molar-refractivity contribution in [1.29, 1.82) is 0 Å². The summed E-state index contributed by atoms with van der Waals surface area (Å²) in [7, 11) is 0. The van der Waals surface area contributed by atoms with Crippen molar-refractivity contribution in [2.75, 3.05) is 0 Å². The number of unbranched alkanes of at least 4 members (excludes halogenated alkanes) is 1. The van der Waals surface area contributed by atoms with Crippen molar-refractivity contribution in [2.24, 2.45) is 5.92 Å². The van der Waals surface area contributed by atoms with E-state index in [1.807, 2.05) is 6.92 Å². The number of carbonyl (C=O) groups is 1. The van der Waals surface area contributed by atoms with Gasteiger partial charge in [-0.1, -0.05) is 19.8 Å². The van der Waals surface area contributed by atoms with E-state index in [4.69, 9.17) is 4.74 Å². The standard InChI is InChI=1S/C18H34O5/c1-13(12-18(3,22)9-8-14(2)19)6-4-5-7-16-10-15(20)11-17(21)23-16/h13-16,19-20,22H,4-12H2,1-3H3. The lowest BCUT2D eigenvalue weighted by molar-refractivity contribution is -0.160. The van der Waals surface area contributed by atoms with Crippen LogP contribution in [0.2, 0.25) is 0 Å². The molecule has 1 rings (SSSR count). The quantitative estimate of drug-likeness (QED) is 0.423. The SMILES string of the molecule is CC(O)CCC(C)(O)CC(C)CCCCC1CC(O)CC(=O)O1. The van der Waals surface area contributed by atoms with E-state index in [2.05, 4.69) is 6.92 Å². The lowest BCUT2D eigenvalue weighted by Crippen LogP contribution is -2.32. The van der Waals surface area contributed by atoms with Crippen LogP contribution in [0.15, 0.2) is 0 Å². The summed E-state index contributed by atoms with van der Waals surface area (Å²) in [5.74, 6) is 0.120. The fourth-order valence-corrected chi connectivity index (χ4v) is 3.38. The smallest absolute Gasteiger partial charge is 0.308 e. The summed E-state index contributed by atoms with van der Waals surface area (Å²) in [6.07, 6.45) is 5.39. The first-order chi connectivity index (χ1) is 10.7. The van der Waals surface area contributed by atoms with Crippen LogP contribution >= 0.6 is 0 Å². The fraction of sp³-hybridized carbons (Fsp3) is 0.944. The molecule has 1 aliphatic heterocycles. The Labute approximate surface area is 140 Å². The summed E-state index contributed by atoms with van der Waals surface area (Å²) in [6.45, 7) is 5.73. The number of aliphatic hydroxyl groups excluding tert-OH is 2. The van der Waals surface area contributed by atoms with Crippen LogP contribution in [0.1, 0.15) is 78.6 Å². The Morgan fingerprint density at radius 2 is 2.00 bits per heavy atom. The zero-order chi connectivity index (χ0) is 17.5. The Bertz CT molecular complexity index is 353. The number of rotatable bonds is 10. The van der Waals surface area contributed by atoms with Gasteiger partial charge in [0, 0.05) is 6.42 Å². The number of hydrogen-bond donors (Lipinski definition) is 3. The Morgan fingerprint density at radius 1 is 1.30 bits per heavy atom. The molecular formula is C18H34O5. The minimum Gasteiger partial charge on any atom is -0.462 e. The van der Waals surface area contributed by atoms with Gasteiger partial charge in [-0.15, -0.1) is 0 Å². The molecule has 0 aromatic rings. The molecule has 0 amide bonds. The summed E-state index contributed by atoms with van der Waals surface area (Å²) in [6, 6.07) is 0. The average Bonchev–Trinajstić information content (AvgIpc) is 2.40. The maximum Gasteiger partial charge on any atom is 0.308 e. The van der Waals surface area contributed by atoms with Gasteiger partial charge in [-0.3, -0.25) is 4.79 Å². The lowest BCUT2D eigenvalue weighted by atomic mass is 9.86. The summed E-state index contributed by atoms with van der Waals surface area (Å²) in [5.41, 5.74) is -0.723. The molecule has 0 aliphatic carbocycles. The van der Waals surface area contributed by atoms with E-state index in [9.17, 15) is 20.1 Å². The molecule has 0 aromatic heterocycles. The minimum absolute atomic E-state index is 0.120. The van der Waals surface area contributed by atoms with Gasteiger partial charge in [0.05, 0.1) is 24.2 Å². The van der Waals surface area contributed by atoms with Crippen LogP contribution in [0.3, 0.4) is 0 Å². The van der Waals surface area contributed by atoms with Gasteiger partial charge in [-0.2, -0.15) is 0 Å². The molecule has 0 aromatic carbocycles. The predicted molar refractivity (Wildman–Crippen MR) is 88.9 cm³/mol. The zero-order valence-electron chi connectivity index (χ0n) is 14.8. The van der Waals surface area contributed by atoms with Crippen LogP contribution in [0, 0.1) is 5.92 Å². The number of hydrogen-bond acceptors (Lipinski definition) is 5. The molecule has 1 saturated heterocycles. The van der Waals surface area contributed by atoms with Crippen molar-refractivity contribution in [1.82, 2.24) is 0 Å². The van der Waals surface area contributed by atoms with Gasteiger partial charge in [-0.25, -0.2) is 0 Å². The van der Waals surface area contributed by atoms with Crippen LogP contribution < -0.4 is 0 Å². The molecule has 1 fully saturated rings.